The molecule has 0 radical (unpaired) electrons. The number of hydrogen-bond acceptors (Lipinski definition) is 5. The van der Waals surface area contributed by atoms with Gasteiger partial charge in [-0.3, -0.25) is 9.79 Å². The van der Waals surface area contributed by atoms with Crippen LogP contribution in [0.5, 0.6) is 0 Å². The molecule has 0 heterocycles. The van der Waals surface area contributed by atoms with Gasteiger partial charge < -0.3 is 26.6 Å². The standard InChI is InChI=1S/CH4NO5P.CH2O3.H3N/c2-1(3)7-8(4,5)6;2-1(3)4;/h(H2,2,3)(H2,4,5,6);(H2,2,3,4);1H3. The fraction of sp³-hybridized carbons (Fsp3) is 0. The summed E-state index contributed by atoms with van der Waals surface area (Å²) >= 11 is 0. The van der Waals surface area contributed by atoms with Crippen LogP contribution in [0.1, 0.15) is 0 Å². The SMILES string of the molecule is N.NC(=O)OP(=O)(O)O.O=C(O)O. The molecule has 0 aromatic carbocycles. The molecule has 0 aliphatic rings. The first-order chi connectivity index (χ1) is 5.15. The molecule has 0 saturated carbocycles. The third kappa shape index (κ3) is 59.8. The minimum Gasteiger partial charge on any atom is -0.450 e. The van der Waals surface area contributed by atoms with Crippen molar-refractivity contribution in [3.05, 3.63) is 0 Å². The Morgan fingerprint density at radius 3 is 1.46 bits per heavy atom. The molecule has 11 heteroatoms. The zero-order chi connectivity index (χ0) is 10.4. The maximum Gasteiger partial charge on any atom is 0.528 e. The molecule has 10 nitrogen and oxygen atoms in total. The van der Waals surface area contributed by atoms with Crippen molar-refractivity contribution in [1.29, 1.82) is 0 Å². The highest BCUT2D eigenvalue weighted by Crippen LogP contribution is 2.35. The fourth-order valence-corrected chi connectivity index (χ4v) is 0.352. The zero-order valence-electron chi connectivity index (χ0n) is 6.15. The maximum absolute atomic E-state index is 9.61. The van der Waals surface area contributed by atoms with Gasteiger partial charge in [0.15, 0.2) is 0 Å². The summed E-state index contributed by atoms with van der Waals surface area (Å²) in [5.41, 5.74) is 4.23. The average Bonchev–Trinajstić information content (AvgIpc) is 1.52. The molecule has 13 heavy (non-hydrogen) atoms. The predicted molar refractivity (Wildman–Crippen MR) is 38.4 cm³/mol. The summed E-state index contributed by atoms with van der Waals surface area (Å²) in [5.74, 6) is 0. The average molecular weight is 220 g/mol. The molecule has 1 amide bonds. The Labute approximate surface area is 71.7 Å². The number of phosphoric acid groups is 1. The molecule has 0 atom stereocenters. The van der Waals surface area contributed by atoms with Crippen LogP contribution in [0.4, 0.5) is 9.59 Å². The van der Waals surface area contributed by atoms with Crippen molar-refractivity contribution in [2.75, 3.05) is 0 Å². The molecule has 0 rings (SSSR count). The van der Waals surface area contributed by atoms with Gasteiger partial charge in [0.25, 0.3) is 0 Å². The molecule has 0 fully saturated rings. The quantitative estimate of drug-likeness (QED) is 0.316. The summed E-state index contributed by atoms with van der Waals surface area (Å²) in [4.78, 5) is 33.6. The molecular formula is C2H9N2O8P. The number of hydrogen-bond donors (Lipinski definition) is 6. The van der Waals surface area contributed by atoms with Gasteiger partial charge in [0.05, 0.1) is 0 Å². The van der Waals surface area contributed by atoms with Gasteiger partial charge in [-0.05, 0) is 0 Å². The molecule has 0 aliphatic heterocycles. The van der Waals surface area contributed by atoms with Crippen LogP contribution in [0, 0.1) is 0 Å². The number of primary amides is 1. The highest BCUT2D eigenvalue weighted by molar-refractivity contribution is 7.46. The monoisotopic (exact) mass is 220 g/mol. The minimum absolute atomic E-state index is 0. The molecule has 0 aliphatic carbocycles. The van der Waals surface area contributed by atoms with Crippen molar-refractivity contribution in [3.8, 4) is 0 Å². The van der Waals surface area contributed by atoms with Gasteiger partial charge in [-0.25, -0.2) is 14.2 Å². The van der Waals surface area contributed by atoms with Crippen LogP contribution < -0.4 is 11.9 Å². The van der Waals surface area contributed by atoms with Crippen LogP contribution >= 0.6 is 7.82 Å². The Hall–Kier alpha value is -1.35. The molecule has 9 N–H and O–H groups in total. The maximum atomic E-state index is 9.61. The van der Waals surface area contributed by atoms with E-state index in [-0.39, 0.29) is 6.15 Å². The Bertz CT molecular complexity index is 204. The number of rotatable bonds is 1. The number of carbonyl (C=O) groups excluding carboxylic acids is 1. The molecule has 0 spiro atoms. The highest BCUT2D eigenvalue weighted by Gasteiger charge is 2.17. The van der Waals surface area contributed by atoms with E-state index < -0.39 is 20.1 Å². The number of phosphoric ester groups is 1. The van der Waals surface area contributed by atoms with E-state index in [4.69, 9.17) is 24.8 Å². The van der Waals surface area contributed by atoms with Gasteiger partial charge in [0, 0.05) is 0 Å². The smallest absolute Gasteiger partial charge is 0.450 e. The van der Waals surface area contributed by atoms with Crippen LogP contribution in [0.3, 0.4) is 0 Å². The van der Waals surface area contributed by atoms with Gasteiger partial charge in [-0.15, -0.1) is 0 Å². The largest absolute Gasteiger partial charge is 0.528 e. The summed E-state index contributed by atoms with van der Waals surface area (Å²) < 4.78 is 12.9. The Balaban J connectivity index is -0.000000173. The van der Waals surface area contributed by atoms with E-state index in [0.717, 1.165) is 0 Å². The Morgan fingerprint density at radius 1 is 1.23 bits per heavy atom. The Kier molecular flexibility index (Phi) is 9.93. The minimum atomic E-state index is -4.70. The third-order valence-electron chi connectivity index (χ3n) is 0.209. The van der Waals surface area contributed by atoms with E-state index >= 15 is 0 Å². The van der Waals surface area contributed by atoms with Crippen LogP contribution in [0.15, 0.2) is 0 Å². The van der Waals surface area contributed by atoms with E-state index in [1.165, 1.54) is 0 Å². The van der Waals surface area contributed by atoms with Crippen LogP contribution in [-0.2, 0) is 9.09 Å². The third-order valence-corrected chi connectivity index (χ3v) is 0.627. The lowest BCUT2D eigenvalue weighted by molar-refractivity contribution is 0.136. The second-order valence-electron chi connectivity index (χ2n) is 1.18. The predicted octanol–water partition coefficient (Wildman–Crippen LogP) is -0.441. The zero-order valence-corrected chi connectivity index (χ0v) is 7.05. The van der Waals surface area contributed by atoms with Crippen molar-refractivity contribution in [2.45, 2.75) is 0 Å². The second kappa shape index (κ2) is 7.31. The first-order valence-electron chi connectivity index (χ1n) is 2.11. The molecule has 0 aromatic heterocycles. The van der Waals surface area contributed by atoms with E-state index in [0.29, 0.717) is 0 Å². The van der Waals surface area contributed by atoms with Gasteiger partial charge in [0.1, 0.15) is 0 Å². The van der Waals surface area contributed by atoms with Crippen molar-refractivity contribution in [1.82, 2.24) is 6.15 Å². The highest BCUT2D eigenvalue weighted by atomic mass is 31.2. The molecule has 0 unspecified atom stereocenters. The van der Waals surface area contributed by atoms with E-state index in [9.17, 15) is 9.36 Å². The summed E-state index contributed by atoms with van der Waals surface area (Å²) in [7, 11) is -4.70. The van der Waals surface area contributed by atoms with E-state index in [1.54, 1.807) is 0 Å². The van der Waals surface area contributed by atoms with Crippen LogP contribution in [-0.4, -0.2) is 32.2 Å². The molecule has 80 valence electrons. The number of amides is 1. The summed E-state index contributed by atoms with van der Waals surface area (Å²) in [6.07, 6.45) is -3.32. The Morgan fingerprint density at radius 2 is 1.46 bits per heavy atom. The van der Waals surface area contributed by atoms with Crippen molar-refractivity contribution >= 4 is 20.1 Å². The first kappa shape index (κ1) is 17.7. The normalized spacial score (nSPS) is 8.46. The van der Waals surface area contributed by atoms with Crippen molar-refractivity contribution in [3.63, 3.8) is 0 Å². The van der Waals surface area contributed by atoms with Crippen molar-refractivity contribution < 1.29 is 38.7 Å². The van der Waals surface area contributed by atoms with Crippen LogP contribution in [0.2, 0.25) is 0 Å². The van der Waals surface area contributed by atoms with Gasteiger partial charge in [0.2, 0.25) is 0 Å². The van der Waals surface area contributed by atoms with Gasteiger partial charge >= 0.3 is 20.1 Å². The lowest BCUT2D eigenvalue weighted by Crippen LogP contribution is -2.10. The topological polar surface area (TPSA) is 202 Å². The summed E-state index contributed by atoms with van der Waals surface area (Å²) in [5, 5.41) is 13.9. The number of carbonyl (C=O) groups is 2. The molecular weight excluding hydrogens is 211 g/mol. The van der Waals surface area contributed by atoms with Crippen LogP contribution in [0.25, 0.3) is 0 Å². The second-order valence-corrected chi connectivity index (χ2v) is 2.35. The summed E-state index contributed by atoms with van der Waals surface area (Å²) in [6, 6.07) is 0. The lowest BCUT2D eigenvalue weighted by Gasteiger charge is -1.98. The number of nitrogens with two attached hydrogens (primary N) is 1. The van der Waals surface area contributed by atoms with E-state index in [1.807, 2.05) is 0 Å². The number of carboxylic acid groups (broad SMARTS) is 2. The van der Waals surface area contributed by atoms with Crippen molar-refractivity contribution in [2.24, 2.45) is 5.73 Å². The lowest BCUT2D eigenvalue weighted by atomic mass is 11.3. The van der Waals surface area contributed by atoms with E-state index in [2.05, 4.69) is 10.3 Å². The van der Waals surface area contributed by atoms with Gasteiger partial charge in [-0.1, -0.05) is 0 Å². The fourth-order valence-electron chi connectivity index (χ4n) is 0.117. The molecule has 0 saturated heterocycles. The van der Waals surface area contributed by atoms with Gasteiger partial charge in [-0.2, -0.15) is 0 Å². The first-order valence-corrected chi connectivity index (χ1v) is 3.64. The summed E-state index contributed by atoms with van der Waals surface area (Å²) in [6.45, 7) is 0. The molecule has 0 aromatic rings. The molecule has 0 bridgehead atoms.